The summed E-state index contributed by atoms with van der Waals surface area (Å²) in [4.78, 5) is 21.4. The van der Waals surface area contributed by atoms with Crippen LogP contribution in [0.25, 0.3) is 10.9 Å². The van der Waals surface area contributed by atoms with E-state index in [-0.39, 0.29) is 5.56 Å². The maximum Gasteiger partial charge on any atom is 0.258 e. The summed E-state index contributed by atoms with van der Waals surface area (Å²) in [6, 6.07) is 5.16. The van der Waals surface area contributed by atoms with Crippen LogP contribution in [-0.4, -0.2) is 42.1 Å². The van der Waals surface area contributed by atoms with E-state index in [1.54, 1.807) is 18.2 Å². The van der Waals surface area contributed by atoms with Crippen molar-refractivity contribution in [1.29, 1.82) is 0 Å². The molecule has 5 nitrogen and oxygen atoms in total. The summed E-state index contributed by atoms with van der Waals surface area (Å²) < 4.78 is 0. The van der Waals surface area contributed by atoms with Crippen molar-refractivity contribution in [3.63, 3.8) is 0 Å². The fourth-order valence-electron chi connectivity index (χ4n) is 2.09. The smallest absolute Gasteiger partial charge is 0.258 e. The number of nitrogens with zero attached hydrogens (tertiary/aromatic N) is 2. The van der Waals surface area contributed by atoms with Crippen LogP contribution in [-0.2, 0) is 6.54 Å². The third-order valence-corrected chi connectivity index (χ3v) is 3.34. The largest absolute Gasteiger partial charge is 0.320 e. The zero-order valence-corrected chi connectivity index (χ0v) is 12.5. The van der Waals surface area contributed by atoms with Crippen LogP contribution in [0.3, 0.4) is 0 Å². The van der Waals surface area contributed by atoms with Crippen molar-refractivity contribution < 1.29 is 0 Å². The number of hydrogen-bond acceptors (Lipinski definition) is 4. The number of H-pyrrole nitrogens is 1. The lowest BCUT2D eigenvalue weighted by Gasteiger charge is -2.15. The lowest BCUT2D eigenvalue weighted by atomic mass is 10.2. The summed E-state index contributed by atoms with van der Waals surface area (Å²) in [7, 11) is 3.95. The summed E-state index contributed by atoms with van der Waals surface area (Å²) in [5.41, 5.74) is 0.535. The van der Waals surface area contributed by atoms with Crippen LogP contribution in [0.2, 0.25) is 5.02 Å². The van der Waals surface area contributed by atoms with E-state index in [2.05, 4.69) is 20.2 Å². The van der Waals surface area contributed by atoms with Gasteiger partial charge in [0.25, 0.3) is 5.56 Å². The maximum absolute atomic E-state index is 12.0. The molecular formula is C14H19ClN4O. The van der Waals surface area contributed by atoms with Crippen molar-refractivity contribution in [3.8, 4) is 0 Å². The third-order valence-electron chi connectivity index (χ3n) is 3.10. The van der Waals surface area contributed by atoms with Gasteiger partial charge in [0.15, 0.2) is 0 Å². The molecule has 20 heavy (non-hydrogen) atoms. The van der Waals surface area contributed by atoms with Crippen LogP contribution in [0.5, 0.6) is 0 Å². The molecule has 0 amide bonds. The molecule has 0 bridgehead atoms. The Morgan fingerprint density at radius 2 is 2.25 bits per heavy atom. The van der Waals surface area contributed by atoms with Crippen LogP contribution >= 0.6 is 11.6 Å². The molecule has 108 valence electrons. The predicted molar refractivity (Wildman–Crippen MR) is 82.3 cm³/mol. The minimum atomic E-state index is -0.142. The Balaban J connectivity index is 2.15. The summed E-state index contributed by atoms with van der Waals surface area (Å²) >= 11 is 5.89. The number of aromatic amines is 1. The van der Waals surface area contributed by atoms with Crippen LogP contribution in [0.4, 0.5) is 0 Å². The summed E-state index contributed by atoms with van der Waals surface area (Å²) in [6.45, 7) is 2.55. The van der Waals surface area contributed by atoms with Gasteiger partial charge in [-0.1, -0.05) is 11.6 Å². The quantitative estimate of drug-likeness (QED) is 0.795. The molecule has 1 aromatic heterocycles. The molecule has 2 N–H and O–H groups in total. The molecule has 2 rings (SSSR count). The van der Waals surface area contributed by atoms with Crippen molar-refractivity contribution in [1.82, 2.24) is 20.2 Å². The SMILES string of the molecule is CNCCCN(C)Cc1nc2ccc(Cl)cc2c(=O)[nH]1. The van der Waals surface area contributed by atoms with E-state index < -0.39 is 0 Å². The number of benzene rings is 1. The fourth-order valence-corrected chi connectivity index (χ4v) is 2.27. The molecule has 0 atom stereocenters. The molecule has 0 saturated carbocycles. The first-order valence-corrected chi connectivity index (χ1v) is 6.99. The summed E-state index contributed by atoms with van der Waals surface area (Å²) in [6.07, 6.45) is 1.06. The Kier molecular flexibility index (Phi) is 5.11. The van der Waals surface area contributed by atoms with E-state index in [0.717, 1.165) is 19.5 Å². The standard InChI is InChI=1S/C14H19ClN4O/c1-16-6-3-7-19(2)9-13-17-12-5-4-10(15)8-11(12)14(20)18-13/h4-5,8,16H,3,6-7,9H2,1-2H3,(H,17,18,20). The van der Waals surface area contributed by atoms with Gasteiger partial charge in [-0.15, -0.1) is 0 Å². The second kappa shape index (κ2) is 6.83. The first kappa shape index (κ1) is 15.0. The van der Waals surface area contributed by atoms with Crippen LogP contribution in [0.15, 0.2) is 23.0 Å². The summed E-state index contributed by atoms with van der Waals surface area (Å²) in [5, 5.41) is 4.18. The average Bonchev–Trinajstić information content (AvgIpc) is 2.40. The highest BCUT2D eigenvalue weighted by Crippen LogP contribution is 2.14. The van der Waals surface area contributed by atoms with Gasteiger partial charge in [-0.05, 0) is 51.8 Å². The van der Waals surface area contributed by atoms with Crippen molar-refractivity contribution in [2.24, 2.45) is 0 Å². The van der Waals surface area contributed by atoms with Gasteiger partial charge in [0.05, 0.1) is 17.4 Å². The zero-order chi connectivity index (χ0) is 14.5. The fraction of sp³-hybridized carbons (Fsp3) is 0.429. The van der Waals surface area contributed by atoms with Crippen LogP contribution in [0.1, 0.15) is 12.2 Å². The number of halogens is 1. The topological polar surface area (TPSA) is 61.0 Å². The molecule has 0 spiro atoms. The lowest BCUT2D eigenvalue weighted by Crippen LogP contribution is -2.25. The molecule has 0 aliphatic rings. The molecule has 1 aromatic carbocycles. The van der Waals surface area contributed by atoms with E-state index >= 15 is 0 Å². The molecule has 0 aliphatic carbocycles. The highest BCUT2D eigenvalue weighted by Gasteiger charge is 2.07. The van der Waals surface area contributed by atoms with Crippen LogP contribution < -0.4 is 10.9 Å². The van der Waals surface area contributed by atoms with E-state index in [9.17, 15) is 4.79 Å². The van der Waals surface area contributed by atoms with E-state index in [0.29, 0.717) is 28.3 Å². The molecule has 0 saturated heterocycles. The van der Waals surface area contributed by atoms with Gasteiger partial charge in [-0.3, -0.25) is 9.69 Å². The first-order valence-electron chi connectivity index (χ1n) is 6.62. The van der Waals surface area contributed by atoms with Crippen molar-refractivity contribution in [3.05, 3.63) is 39.4 Å². The molecule has 2 aromatic rings. The molecule has 0 radical (unpaired) electrons. The predicted octanol–water partition coefficient (Wildman–Crippen LogP) is 1.62. The van der Waals surface area contributed by atoms with Crippen molar-refractivity contribution in [2.45, 2.75) is 13.0 Å². The maximum atomic E-state index is 12.0. The Hall–Kier alpha value is -1.43. The highest BCUT2D eigenvalue weighted by atomic mass is 35.5. The molecular weight excluding hydrogens is 276 g/mol. The van der Waals surface area contributed by atoms with Gasteiger partial charge in [0.1, 0.15) is 5.82 Å². The van der Waals surface area contributed by atoms with Gasteiger partial charge in [-0.25, -0.2) is 4.98 Å². The molecule has 0 unspecified atom stereocenters. The number of nitrogens with one attached hydrogen (secondary N) is 2. The summed E-state index contributed by atoms with van der Waals surface area (Å²) in [5.74, 6) is 0.678. The molecule has 6 heteroatoms. The van der Waals surface area contributed by atoms with Gasteiger partial charge < -0.3 is 10.3 Å². The zero-order valence-electron chi connectivity index (χ0n) is 11.7. The van der Waals surface area contributed by atoms with Crippen LogP contribution in [0, 0.1) is 0 Å². The third kappa shape index (κ3) is 3.79. The second-order valence-electron chi connectivity index (χ2n) is 4.87. The van der Waals surface area contributed by atoms with E-state index in [1.165, 1.54) is 0 Å². The van der Waals surface area contributed by atoms with E-state index in [1.807, 2.05) is 14.1 Å². The minimum absolute atomic E-state index is 0.142. The Morgan fingerprint density at radius 3 is 3.00 bits per heavy atom. The van der Waals surface area contributed by atoms with Crippen molar-refractivity contribution in [2.75, 3.05) is 27.2 Å². The van der Waals surface area contributed by atoms with Crippen molar-refractivity contribution >= 4 is 22.5 Å². The van der Waals surface area contributed by atoms with Gasteiger partial charge >= 0.3 is 0 Å². The number of fused-ring (bicyclic) bond motifs is 1. The number of hydrogen-bond donors (Lipinski definition) is 2. The lowest BCUT2D eigenvalue weighted by molar-refractivity contribution is 0.313. The van der Waals surface area contributed by atoms with Gasteiger partial charge in [0, 0.05) is 5.02 Å². The first-order chi connectivity index (χ1) is 9.60. The van der Waals surface area contributed by atoms with Gasteiger partial charge in [-0.2, -0.15) is 0 Å². The molecule has 1 heterocycles. The Labute approximate surface area is 123 Å². The van der Waals surface area contributed by atoms with Gasteiger partial charge in [0.2, 0.25) is 0 Å². The van der Waals surface area contributed by atoms with E-state index in [4.69, 9.17) is 11.6 Å². The number of rotatable bonds is 6. The highest BCUT2D eigenvalue weighted by molar-refractivity contribution is 6.31. The monoisotopic (exact) mass is 294 g/mol. The average molecular weight is 295 g/mol. The number of aromatic nitrogens is 2. The second-order valence-corrected chi connectivity index (χ2v) is 5.31. The molecule has 0 aliphatic heterocycles. The Bertz CT molecular complexity index is 641. The normalized spacial score (nSPS) is 11.4. The minimum Gasteiger partial charge on any atom is -0.320 e. The Morgan fingerprint density at radius 1 is 1.45 bits per heavy atom. The molecule has 0 fully saturated rings.